The number of nitrogens with one attached hydrogen (secondary N) is 2. The van der Waals surface area contributed by atoms with Gasteiger partial charge < -0.3 is 9.47 Å². The van der Waals surface area contributed by atoms with Crippen molar-refractivity contribution in [3.8, 4) is 0 Å². The van der Waals surface area contributed by atoms with Crippen LogP contribution in [0.25, 0.3) is 0 Å². The highest BCUT2D eigenvalue weighted by Crippen LogP contribution is 2.27. The molecule has 0 aliphatic rings. The summed E-state index contributed by atoms with van der Waals surface area (Å²) in [4.78, 5) is 44.7. The molecule has 12 nitrogen and oxygen atoms in total. The molecule has 2 aromatic carbocycles. The van der Waals surface area contributed by atoms with Gasteiger partial charge in [0.2, 0.25) is 0 Å². The number of carbonyl (C=O) groups excluding carboxylic acids is 2. The summed E-state index contributed by atoms with van der Waals surface area (Å²) in [6, 6.07) is 12.2. The first-order valence-electron chi connectivity index (χ1n) is 9.52. The van der Waals surface area contributed by atoms with Crippen LogP contribution in [0.15, 0.2) is 48.5 Å². The van der Waals surface area contributed by atoms with Gasteiger partial charge in [-0.1, -0.05) is 50.2 Å². The minimum Gasteiger partial charge on any atom is -0.448 e. The Morgan fingerprint density at radius 2 is 1.12 bits per heavy atom. The zero-order chi connectivity index (χ0) is 23.7. The minimum absolute atomic E-state index is 0.0847. The lowest BCUT2D eigenvalue weighted by molar-refractivity contribution is -0.385. The number of amides is 2. The smallest absolute Gasteiger partial charge is 0.426 e. The third kappa shape index (κ3) is 6.65. The fraction of sp³-hybridized carbons (Fsp3) is 0.300. The van der Waals surface area contributed by atoms with Crippen LogP contribution in [0.3, 0.4) is 0 Å². The summed E-state index contributed by atoms with van der Waals surface area (Å²) in [6.07, 6.45) is -1.97. The molecule has 0 radical (unpaired) electrons. The highest BCUT2D eigenvalue weighted by Gasteiger charge is 2.21. The van der Waals surface area contributed by atoms with Gasteiger partial charge in [0, 0.05) is 35.1 Å². The lowest BCUT2D eigenvalue weighted by atomic mass is 10.0. The molecule has 0 heterocycles. The molecule has 2 aromatic rings. The van der Waals surface area contributed by atoms with Crippen molar-refractivity contribution in [3.05, 3.63) is 79.9 Å². The molecule has 0 bridgehead atoms. The second kappa shape index (κ2) is 11.2. The first-order chi connectivity index (χ1) is 15.2. The molecule has 0 spiro atoms. The van der Waals surface area contributed by atoms with Gasteiger partial charge in [0.1, 0.15) is 13.2 Å². The van der Waals surface area contributed by atoms with Crippen molar-refractivity contribution < 1.29 is 28.9 Å². The van der Waals surface area contributed by atoms with Gasteiger partial charge in [-0.25, -0.2) is 20.4 Å². The van der Waals surface area contributed by atoms with Crippen molar-refractivity contribution >= 4 is 23.6 Å². The lowest BCUT2D eigenvalue weighted by Crippen LogP contribution is -2.42. The topological polar surface area (TPSA) is 163 Å². The Balaban J connectivity index is 1.77. The Hall–Kier alpha value is -4.22. The quantitative estimate of drug-likeness (QED) is 0.457. The Morgan fingerprint density at radius 3 is 1.47 bits per heavy atom. The van der Waals surface area contributed by atoms with Crippen molar-refractivity contribution in [1.82, 2.24) is 10.9 Å². The minimum atomic E-state index is -0.987. The van der Waals surface area contributed by atoms with Crippen LogP contribution >= 0.6 is 0 Å². The van der Waals surface area contributed by atoms with Gasteiger partial charge in [-0.2, -0.15) is 0 Å². The average molecular weight is 446 g/mol. The monoisotopic (exact) mass is 446 g/mol. The van der Waals surface area contributed by atoms with E-state index in [2.05, 4.69) is 0 Å². The molecule has 0 saturated heterocycles. The van der Waals surface area contributed by atoms with Crippen molar-refractivity contribution in [2.45, 2.75) is 25.7 Å². The van der Waals surface area contributed by atoms with Gasteiger partial charge in [0.25, 0.3) is 11.4 Å². The summed E-state index contributed by atoms with van der Waals surface area (Å²) in [6.45, 7) is 2.98. The van der Waals surface area contributed by atoms with E-state index in [4.69, 9.17) is 9.47 Å². The van der Waals surface area contributed by atoms with E-state index in [9.17, 15) is 29.8 Å². The molecule has 2 atom stereocenters. The number of hydrogen-bond acceptors (Lipinski definition) is 8. The number of hydrazine groups is 1. The van der Waals surface area contributed by atoms with Crippen LogP contribution in [0, 0.1) is 20.2 Å². The number of rotatable bonds is 8. The molecule has 0 aromatic heterocycles. The molecule has 32 heavy (non-hydrogen) atoms. The van der Waals surface area contributed by atoms with Crippen LogP contribution in [-0.2, 0) is 9.47 Å². The summed E-state index contributed by atoms with van der Waals surface area (Å²) >= 11 is 0. The van der Waals surface area contributed by atoms with Crippen molar-refractivity contribution in [2.75, 3.05) is 13.2 Å². The van der Waals surface area contributed by atoms with Gasteiger partial charge in [-0.05, 0) is 0 Å². The molecule has 0 aliphatic carbocycles. The summed E-state index contributed by atoms with van der Waals surface area (Å²) in [5.74, 6) is -0.923. The normalized spacial score (nSPS) is 12.2. The van der Waals surface area contributed by atoms with Crippen LogP contribution in [-0.4, -0.2) is 35.2 Å². The highest BCUT2D eigenvalue weighted by molar-refractivity contribution is 5.73. The summed E-state index contributed by atoms with van der Waals surface area (Å²) in [5.41, 5.74) is 4.62. The van der Waals surface area contributed by atoms with E-state index in [0.29, 0.717) is 11.1 Å². The predicted molar refractivity (Wildman–Crippen MR) is 112 cm³/mol. The molecule has 2 rings (SSSR count). The van der Waals surface area contributed by atoms with Crippen molar-refractivity contribution in [3.63, 3.8) is 0 Å². The van der Waals surface area contributed by atoms with Crippen LogP contribution in [0.4, 0.5) is 21.0 Å². The molecular formula is C20H22N4O8. The number of nitro benzene ring substituents is 2. The van der Waals surface area contributed by atoms with Crippen LogP contribution < -0.4 is 10.9 Å². The number of carbonyl (C=O) groups is 2. The Labute approximate surface area is 182 Å². The van der Waals surface area contributed by atoms with E-state index in [1.165, 1.54) is 24.3 Å². The molecule has 170 valence electrons. The number of para-hydroxylation sites is 2. The molecule has 2 N–H and O–H groups in total. The van der Waals surface area contributed by atoms with Gasteiger partial charge in [-0.15, -0.1) is 0 Å². The van der Waals surface area contributed by atoms with E-state index < -0.39 is 33.9 Å². The number of benzene rings is 2. The fourth-order valence-corrected chi connectivity index (χ4v) is 2.90. The maximum atomic E-state index is 11.8. The second-order valence-electron chi connectivity index (χ2n) is 6.88. The predicted octanol–water partition coefficient (Wildman–Crippen LogP) is 3.78. The third-order valence-corrected chi connectivity index (χ3v) is 4.52. The van der Waals surface area contributed by atoms with Crippen molar-refractivity contribution in [1.29, 1.82) is 0 Å². The molecule has 0 aliphatic heterocycles. The largest absolute Gasteiger partial charge is 0.448 e. The number of ether oxygens (including phenoxy) is 2. The number of hydrogen-bond donors (Lipinski definition) is 2. The maximum absolute atomic E-state index is 11.8. The highest BCUT2D eigenvalue weighted by atomic mass is 16.6. The molecule has 2 amide bonds. The molecular weight excluding hydrogens is 424 g/mol. The summed E-state index contributed by atoms with van der Waals surface area (Å²) < 4.78 is 9.92. The van der Waals surface area contributed by atoms with E-state index in [1.807, 2.05) is 10.9 Å². The summed E-state index contributed by atoms with van der Waals surface area (Å²) in [5, 5.41) is 22.2. The Bertz CT molecular complexity index is 918. The molecule has 0 fully saturated rings. The van der Waals surface area contributed by atoms with E-state index >= 15 is 0 Å². The number of nitro groups is 2. The van der Waals surface area contributed by atoms with E-state index in [-0.39, 0.29) is 24.6 Å². The van der Waals surface area contributed by atoms with Crippen LogP contribution in [0.1, 0.15) is 36.8 Å². The van der Waals surface area contributed by atoms with E-state index in [0.717, 1.165) is 0 Å². The molecule has 0 saturated carbocycles. The Kier molecular flexibility index (Phi) is 8.45. The Morgan fingerprint density at radius 1 is 0.781 bits per heavy atom. The van der Waals surface area contributed by atoms with Gasteiger partial charge in [0.05, 0.1) is 9.85 Å². The van der Waals surface area contributed by atoms with E-state index in [1.54, 1.807) is 38.1 Å². The van der Waals surface area contributed by atoms with Crippen LogP contribution in [0.5, 0.6) is 0 Å². The van der Waals surface area contributed by atoms with Gasteiger partial charge in [-0.3, -0.25) is 20.2 Å². The maximum Gasteiger partial charge on any atom is 0.426 e. The summed E-state index contributed by atoms with van der Waals surface area (Å²) in [7, 11) is 0. The average Bonchev–Trinajstić information content (AvgIpc) is 2.79. The van der Waals surface area contributed by atoms with Gasteiger partial charge in [0.15, 0.2) is 0 Å². The fourth-order valence-electron chi connectivity index (χ4n) is 2.90. The SMILES string of the molecule is CC(COC(=O)NNC(=O)OCC(C)c1ccccc1[N+](=O)[O-])c1ccccc1[N+](=O)[O-]. The standard InChI is InChI=1S/C20H22N4O8/c1-13(15-7-3-5-9-17(15)23(27)28)11-31-19(25)21-22-20(26)32-12-14(2)16-8-4-6-10-18(16)24(29)30/h3-10,13-14H,11-12H2,1-2H3,(H,21,25)(H,22,26). The number of nitrogens with zero attached hydrogens (tertiary/aromatic N) is 2. The first-order valence-corrected chi connectivity index (χ1v) is 9.52. The first kappa shape index (κ1) is 24.1. The second-order valence-corrected chi connectivity index (χ2v) is 6.88. The molecule has 2 unspecified atom stereocenters. The van der Waals surface area contributed by atoms with Crippen molar-refractivity contribution in [2.24, 2.45) is 0 Å². The zero-order valence-corrected chi connectivity index (χ0v) is 17.3. The zero-order valence-electron chi connectivity index (χ0n) is 17.3. The third-order valence-electron chi connectivity index (χ3n) is 4.52. The lowest BCUT2D eigenvalue weighted by Gasteiger charge is -2.15. The molecule has 12 heteroatoms. The van der Waals surface area contributed by atoms with Gasteiger partial charge >= 0.3 is 12.2 Å². The van der Waals surface area contributed by atoms with Crippen LogP contribution in [0.2, 0.25) is 0 Å².